The molecular weight excluding hydrogens is 162 g/mol. The maximum atomic E-state index is 9.51. The summed E-state index contributed by atoms with van der Waals surface area (Å²) in [6.07, 6.45) is 6.35. The van der Waals surface area contributed by atoms with Gasteiger partial charge in [0.1, 0.15) is 0 Å². The first-order valence-electron chi connectivity index (χ1n) is 5.37. The van der Waals surface area contributed by atoms with E-state index in [1.165, 1.54) is 6.42 Å². The van der Waals surface area contributed by atoms with Crippen LogP contribution in [0.3, 0.4) is 0 Å². The van der Waals surface area contributed by atoms with Crippen LogP contribution in [0.25, 0.3) is 0 Å². The van der Waals surface area contributed by atoms with E-state index >= 15 is 0 Å². The topological polar surface area (TPSA) is 44.0 Å². The largest absolute Gasteiger partial charge is 0.393 e. The fourth-order valence-electron chi connectivity index (χ4n) is 2.98. The number of hydrogen-bond donors (Lipinski definition) is 1. The molecule has 1 N–H and O–H groups in total. The molecule has 0 heterocycles. The molecule has 72 valence electrons. The van der Waals surface area contributed by atoms with Crippen molar-refractivity contribution in [3.8, 4) is 6.07 Å². The third-order valence-electron chi connectivity index (χ3n) is 3.77. The van der Waals surface area contributed by atoms with E-state index in [0.29, 0.717) is 11.8 Å². The van der Waals surface area contributed by atoms with Crippen LogP contribution in [0, 0.1) is 29.1 Å². The Hall–Kier alpha value is -0.550. The van der Waals surface area contributed by atoms with Crippen LogP contribution in [-0.4, -0.2) is 11.2 Å². The van der Waals surface area contributed by atoms with Crippen LogP contribution in [0.2, 0.25) is 0 Å². The summed E-state index contributed by atoms with van der Waals surface area (Å²) in [6, 6.07) is 2.39. The van der Waals surface area contributed by atoms with Crippen LogP contribution in [-0.2, 0) is 0 Å². The molecule has 2 saturated carbocycles. The second-order valence-corrected chi connectivity index (χ2v) is 4.63. The smallest absolute Gasteiger partial charge is 0.0655 e. The lowest BCUT2D eigenvalue weighted by molar-refractivity contribution is 0.0418. The van der Waals surface area contributed by atoms with Gasteiger partial charge in [-0.2, -0.15) is 5.26 Å². The Balaban J connectivity index is 1.95. The number of aliphatic hydroxyl groups is 1. The molecular formula is C11H17NO. The van der Waals surface area contributed by atoms with Gasteiger partial charge in [-0.25, -0.2) is 0 Å². The van der Waals surface area contributed by atoms with Gasteiger partial charge < -0.3 is 5.11 Å². The Morgan fingerprint density at radius 2 is 1.69 bits per heavy atom. The minimum Gasteiger partial charge on any atom is -0.393 e. The van der Waals surface area contributed by atoms with Crippen molar-refractivity contribution in [1.82, 2.24) is 0 Å². The van der Waals surface area contributed by atoms with Crippen molar-refractivity contribution in [2.45, 2.75) is 44.6 Å². The van der Waals surface area contributed by atoms with Crippen molar-refractivity contribution in [1.29, 1.82) is 5.26 Å². The molecule has 0 spiro atoms. The van der Waals surface area contributed by atoms with Gasteiger partial charge in [-0.3, -0.25) is 0 Å². The number of nitrogens with zero attached hydrogens (tertiary/aromatic N) is 1. The van der Waals surface area contributed by atoms with Crippen molar-refractivity contribution in [2.75, 3.05) is 0 Å². The molecule has 2 rings (SSSR count). The molecule has 2 fully saturated rings. The summed E-state index contributed by atoms with van der Waals surface area (Å²) in [4.78, 5) is 0. The van der Waals surface area contributed by atoms with Crippen LogP contribution in [0.4, 0.5) is 0 Å². The van der Waals surface area contributed by atoms with E-state index in [2.05, 4.69) is 6.07 Å². The lowest BCUT2D eigenvalue weighted by Crippen LogP contribution is -2.32. The highest BCUT2D eigenvalue weighted by Crippen LogP contribution is 2.42. The van der Waals surface area contributed by atoms with Gasteiger partial charge in [0.2, 0.25) is 0 Å². The Morgan fingerprint density at radius 1 is 1.00 bits per heavy atom. The summed E-state index contributed by atoms with van der Waals surface area (Å²) in [7, 11) is 0. The average molecular weight is 179 g/mol. The highest BCUT2D eigenvalue weighted by Gasteiger charge is 2.34. The average Bonchev–Trinajstić information content (AvgIpc) is 2.17. The van der Waals surface area contributed by atoms with Gasteiger partial charge in [0, 0.05) is 5.92 Å². The predicted molar refractivity (Wildman–Crippen MR) is 49.8 cm³/mol. The van der Waals surface area contributed by atoms with Crippen molar-refractivity contribution >= 4 is 0 Å². The lowest BCUT2D eigenvalue weighted by Gasteiger charge is -2.39. The van der Waals surface area contributed by atoms with E-state index in [1.54, 1.807) is 0 Å². The molecule has 0 aliphatic heterocycles. The van der Waals surface area contributed by atoms with Gasteiger partial charge in [0.25, 0.3) is 0 Å². The number of fused-ring (bicyclic) bond motifs is 1. The second kappa shape index (κ2) is 3.67. The van der Waals surface area contributed by atoms with Crippen molar-refractivity contribution < 1.29 is 5.11 Å². The standard InChI is InChI=1S/C11H17NO/c12-7-8-1-2-10-6-11(13)4-3-9(10)5-8/h8-11,13H,1-6H2/t8-,9?,10-,11?/m1/s1. The molecule has 2 aliphatic rings. The second-order valence-electron chi connectivity index (χ2n) is 4.63. The number of aliphatic hydroxyl groups excluding tert-OH is 1. The zero-order chi connectivity index (χ0) is 9.26. The molecule has 13 heavy (non-hydrogen) atoms. The molecule has 2 unspecified atom stereocenters. The molecule has 0 radical (unpaired) electrons. The maximum Gasteiger partial charge on any atom is 0.0655 e. The summed E-state index contributed by atoms with van der Waals surface area (Å²) in [6.45, 7) is 0. The van der Waals surface area contributed by atoms with Crippen LogP contribution in [0.1, 0.15) is 38.5 Å². The van der Waals surface area contributed by atoms with Gasteiger partial charge in [-0.15, -0.1) is 0 Å². The Morgan fingerprint density at radius 3 is 2.46 bits per heavy atom. The van der Waals surface area contributed by atoms with E-state index in [4.69, 9.17) is 5.26 Å². The van der Waals surface area contributed by atoms with E-state index in [1.807, 2.05) is 0 Å². The monoisotopic (exact) mass is 179 g/mol. The summed E-state index contributed by atoms with van der Waals surface area (Å²) < 4.78 is 0. The quantitative estimate of drug-likeness (QED) is 0.618. The van der Waals surface area contributed by atoms with Gasteiger partial charge in [0.05, 0.1) is 12.2 Å². The maximum absolute atomic E-state index is 9.51. The number of hydrogen-bond acceptors (Lipinski definition) is 2. The summed E-state index contributed by atoms with van der Waals surface area (Å²) in [5.74, 6) is 1.76. The first-order chi connectivity index (χ1) is 6.29. The van der Waals surface area contributed by atoms with Crippen LogP contribution in [0.5, 0.6) is 0 Å². The van der Waals surface area contributed by atoms with Crippen LogP contribution >= 0.6 is 0 Å². The normalized spacial score (nSPS) is 44.9. The van der Waals surface area contributed by atoms with E-state index < -0.39 is 0 Å². The number of rotatable bonds is 0. The van der Waals surface area contributed by atoms with Crippen molar-refractivity contribution in [3.63, 3.8) is 0 Å². The first kappa shape index (κ1) is 9.02. The Labute approximate surface area is 79.6 Å². The van der Waals surface area contributed by atoms with Crippen molar-refractivity contribution in [2.24, 2.45) is 17.8 Å². The molecule has 0 bridgehead atoms. The lowest BCUT2D eigenvalue weighted by atomic mass is 9.67. The summed E-state index contributed by atoms with van der Waals surface area (Å²) in [5, 5.41) is 18.3. The first-order valence-corrected chi connectivity index (χ1v) is 5.37. The highest BCUT2D eigenvalue weighted by molar-refractivity contribution is 4.93. The zero-order valence-corrected chi connectivity index (χ0v) is 7.95. The molecule has 0 aromatic heterocycles. The SMILES string of the molecule is N#C[C@@H]1CC[C@@H]2CC(O)CCC2C1. The van der Waals surface area contributed by atoms with E-state index in [-0.39, 0.29) is 6.10 Å². The Bertz CT molecular complexity index is 221. The van der Waals surface area contributed by atoms with Gasteiger partial charge in [0.15, 0.2) is 0 Å². The summed E-state index contributed by atoms with van der Waals surface area (Å²) in [5.41, 5.74) is 0. The molecule has 0 amide bonds. The highest BCUT2D eigenvalue weighted by atomic mass is 16.3. The Kier molecular flexibility index (Phi) is 2.55. The molecule has 2 aliphatic carbocycles. The number of nitriles is 1. The minimum absolute atomic E-state index is 0.0557. The molecule has 0 saturated heterocycles. The van der Waals surface area contributed by atoms with Gasteiger partial charge in [-0.05, 0) is 50.4 Å². The predicted octanol–water partition coefficient (Wildman–Crippen LogP) is 2.09. The van der Waals surface area contributed by atoms with E-state index in [0.717, 1.165) is 38.0 Å². The van der Waals surface area contributed by atoms with Crippen LogP contribution < -0.4 is 0 Å². The molecule has 0 aromatic rings. The van der Waals surface area contributed by atoms with E-state index in [9.17, 15) is 5.11 Å². The minimum atomic E-state index is -0.0557. The fourth-order valence-corrected chi connectivity index (χ4v) is 2.98. The zero-order valence-electron chi connectivity index (χ0n) is 7.95. The van der Waals surface area contributed by atoms with Gasteiger partial charge >= 0.3 is 0 Å². The van der Waals surface area contributed by atoms with Gasteiger partial charge in [-0.1, -0.05) is 0 Å². The summed E-state index contributed by atoms with van der Waals surface area (Å²) >= 11 is 0. The molecule has 2 nitrogen and oxygen atoms in total. The third-order valence-corrected chi connectivity index (χ3v) is 3.77. The van der Waals surface area contributed by atoms with Crippen LogP contribution in [0.15, 0.2) is 0 Å². The third kappa shape index (κ3) is 1.86. The van der Waals surface area contributed by atoms with Crippen molar-refractivity contribution in [3.05, 3.63) is 0 Å². The molecule has 2 heteroatoms. The molecule has 4 atom stereocenters. The molecule has 0 aromatic carbocycles. The fraction of sp³-hybridized carbons (Fsp3) is 0.909.